The highest BCUT2D eigenvalue weighted by atomic mass is 19.1. The molecule has 0 heterocycles. The van der Waals surface area contributed by atoms with Crippen molar-refractivity contribution >= 4 is 11.6 Å². The van der Waals surface area contributed by atoms with Gasteiger partial charge in [-0.3, -0.25) is 4.79 Å². The largest absolute Gasteiger partial charge is 0.497 e. The van der Waals surface area contributed by atoms with E-state index in [4.69, 9.17) is 4.74 Å². The average Bonchev–Trinajstić information content (AvgIpc) is 2.44. The standard InChI is InChI=1S/C15H13F2NO2/c1-9-3-8-12(16)13(14(9)17)15(19)18-10-4-6-11(20-2)7-5-10/h3-8H,1-2H3,(H,18,19). The summed E-state index contributed by atoms with van der Waals surface area (Å²) in [7, 11) is 1.52. The van der Waals surface area contributed by atoms with Crippen LogP contribution in [-0.2, 0) is 0 Å². The van der Waals surface area contributed by atoms with Gasteiger partial charge in [-0.2, -0.15) is 0 Å². The number of rotatable bonds is 3. The lowest BCUT2D eigenvalue weighted by molar-refractivity contribution is 0.101. The molecule has 3 nitrogen and oxygen atoms in total. The molecule has 0 unspecified atom stereocenters. The van der Waals surface area contributed by atoms with Crippen LogP contribution < -0.4 is 10.1 Å². The third-order valence-electron chi connectivity index (χ3n) is 2.86. The summed E-state index contributed by atoms with van der Waals surface area (Å²) in [5.41, 5.74) is 0.0585. The van der Waals surface area contributed by atoms with Gasteiger partial charge in [0.15, 0.2) is 0 Å². The van der Waals surface area contributed by atoms with Crippen molar-refractivity contribution in [3.63, 3.8) is 0 Å². The van der Waals surface area contributed by atoms with Crippen molar-refractivity contribution < 1.29 is 18.3 Å². The highest BCUT2D eigenvalue weighted by molar-refractivity contribution is 6.04. The van der Waals surface area contributed by atoms with Crippen LogP contribution in [0.25, 0.3) is 0 Å². The van der Waals surface area contributed by atoms with Crippen LogP contribution >= 0.6 is 0 Å². The van der Waals surface area contributed by atoms with E-state index in [1.807, 2.05) is 0 Å². The lowest BCUT2D eigenvalue weighted by Gasteiger charge is -2.09. The Morgan fingerprint density at radius 3 is 2.35 bits per heavy atom. The Hall–Kier alpha value is -2.43. The number of amides is 1. The number of hydrogen-bond acceptors (Lipinski definition) is 2. The van der Waals surface area contributed by atoms with Crippen molar-refractivity contribution in [2.24, 2.45) is 0 Å². The Bertz CT molecular complexity index is 639. The van der Waals surface area contributed by atoms with Gasteiger partial charge in [-0.05, 0) is 42.8 Å². The van der Waals surface area contributed by atoms with Crippen molar-refractivity contribution in [2.45, 2.75) is 6.92 Å². The van der Waals surface area contributed by atoms with E-state index in [1.54, 1.807) is 24.3 Å². The first kappa shape index (κ1) is 14.0. The number of halogens is 2. The second-order valence-electron chi connectivity index (χ2n) is 4.24. The number of anilines is 1. The van der Waals surface area contributed by atoms with Gasteiger partial charge in [-0.15, -0.1) is 0 Å². The Balaban J connectivity index is 2.26. The molecule has 0 aromatic heterocycles. The van der Waals surface area contributed by atoms with E-state index in [0.29, 0.717) is 11.4 Å². The molecule has 0 fully saturated rings. The summed E-state index contributed by atoms with van der Waals surface area (Å²) in [6.45, 7) is 1.47. The zero-order valence-electron chi connectivity index (χ0n) is 11.0. The SMILES string of the molecule is COc1ccc(NC(=O)c2c(F)ccc(C)c2F)cc1. The Morgan fingerprint density at radius 1 is 1.10 bits per heavy atom. The highest BCUT2D eigenvalue weighted by Crippen LogP contribution is 2.19. The first-order valence-corrected chi connectivity index (χ1v) is 5.93. The predicted octanol–water partition coefficient (Wildman–Crippen LogP) is 3.53. The minimum Gasteiger partial charge on any atom is -0.497 e. The summed E-state index contributed by atoms with van der Waals surface area (Å²) in [5, 5.41) is 2.44. The summed E-state index contributed by atoms with van der Waals surface area (Å²) in [5.74, 6) is -1.94. The van der Waals surface area contributed by atoms with Crippen LogP contribution in [0.3, 0.4) is 0 Å². The van der Waals surface area contributed by atoms with Crippen LogP contribution in [0.15, 0.2) is 36.4 Å². The van der Waals surface area contributed by atoms with Gasteiger partial charge in [-0.1, -0.05) is 6.07 Å². The maximum atomic E-state index is 13.8. The first-order chi connectivity index (χ1) is 9.52. The molecule has 0 radical (unpaired) electrons. The van der Waals surface area contributed by atoms with Gasteiger partial charge in [0.05, 0.1) is 7.11 Å². The zero-order valence-corrected chi connectivity index (χ0v) is 11.0. The molecule has 2 aromatic carbocycles. The maximum absolute atomic E-state index is 13.8. The van der Waals surface area contributed by atoms with Crippen LogP contribution in [-0.4, -0.2) is 13.0 Å². The normalized spacial score (nSPS) is 10.2. The van der Waals surface area contributed by atoms with Crippen LogP contribution in [0.2, 0.25) is 0 Å². The molecule has 0 saturated heterocycles. The molecular weight excluding hydrogens is 264 g/mol. The number of ether oxygens (including phenoxy) is 1. The molecule has 2 rings (SSSR count). The number of hydrogen-bond donors (Lipinski definition) is 1. The molecule has 1 N–H and O–H groups in total. The number of methoxy groups -OCH3 is 1. The van der Waals surface area contributed by atoms with E-state index in [-0.39, 0.29) is 5.56 Å². The van der Waals surface area contributed by atoms with E-state index in [1.165, 1.54) is 20.1 Å². The number of carbonyl (C=O) groups is 1. The van der Waals surface area contributed by atoms with Gasteiger partial charge in [0.1, 0.15) is 22.9 Å². The molecule has 0 aliphatic rings. The number of nitrogens with one attached hydrogen (secondary N) is 1. The molecule has 0 atom stereocenters. The molecule has 20 heavy (non-hydrogen) atoms. The van der Waals surface area contributed by atoms with Gasteiger partial charge >= 0.3 is 0 Å². The lowest BCUT2D eigenvalue weighted by atomic mass is 10.1. The summed E-state index contributed by atoms with van der Waals surface area (Å²) >= 11 is 0. The Kier molecular flexibility index (Phi) is 3.98. The fourth-order valence-corrected chi connectivity index (χ4v) is 1.73. The summed E-state index contributed by atoms with van der Waals surface area (Å²) < 4.78 is 32.4. The topological polar surface area (TPSA) is 38.3 Å². The van der Waals surface area contributed by atoms with Gasteiger partial charge < -0.3 is 10.1 Å². The van der Waals surface area contributed by atoms with Gasteiger partial charge in [0.2, 0.25) is 0 Å². The third kappa shape index (κ3) is 2.77. The second kappa shape index (κ2) is 5.69. The molecule has 2 aromatic rings. The molecule has 0 aliphatic carbocycles. The van der Waals surface area contributed by atoms with Gasteiger partial charge in [0.25, 0.3) is 5.91 Å². The molecule has 104 valence electrons. The third-order valence-corrected chi connectivity index (χ3v) is 2.86. The predicted molar refractivity (Wildman–Crippen MR) is 72.0 cm³/mol. The Labute approximate surface area is 115 Å². The molecule has 0 aliphatic heterocycles. The van der Waals surface area contributed by atoms with Crippen molar-refractivity contribution in [3.8, 4) is 5.75 Å². The number of benzene rings is 2. The molecule has 0 saturated carbocycles. The summed E-state index contributed by atoms with van der Waals surface area (Å²) in [4.78, 5) is 11.9. The number of aryl methyl sites for hydroxylation is 1. The zero-order chi connectivity index (χ0) is 14.7. The molecule has 1 amide bonds. The maximum Gasteiger partial charge on any atom is 0.261 e. The molecule has 0 spiro atoms. The van der Waals surface area contributed by atoms with E-state index in [9.17, 15) is 13.6 Å². The summed E-state index contributed by atoms with van der Waals surface area (Å²) in [6.07, 6.45) is 0. The Morgan fingerprint density at radius 2 is 1.75 bits per heavy atom. The second-order valence-corrected chi connectivity index (χ2v) is 4.24. The fourth-order valence-electron chi connectivity index (χ4n) is 1.73. The molecule has 0 bridgehead atoms. The minimum atomic E-state index is -0.890. The average molecular weight is 277 g/mol. The van der Waals surface area contributed by atoms with Crippen molar-refractivity contribution in [1.82, 2.24) is 0 Å². The van der Waals surface area contributed by atoms with Gasteiger partial charge in [-0.25, -0.2) is 8.78 Å². The van der Waals surface area contributed by atoms with Crippen molar-refractivity contribution in [2.75, 3.05) is 12.4 Å². The monoisotopic (exact) mass is 277 g/mol. The van der Waals surface area contributed by atoms with E-state index in [0.717, 1.165) is 6.07 Å². The quantitative estimate of drug-likeness (QED) is 0.932. The van der Waals surface area contributed by atoms with Crippen LogP contribution in [0.1, 0.15) is 15.9 Å². The van der Waals surface area contributed by atoms with E-state index in [2.05, 4.69) is 5.32 Å². The molecule has 5 heteroatoms. The minimum absolute atomic E-state index is 0.214. The van der Waals surface area contributed by atoms with Crippen LogP contribution in [0.5, 0.6) is 5.75 Å². The van der Waals surface area contributed by atoms with Crippen LogP contribution in [0, 0.1) is 18.6 Å². The number of carbonyl (C=O) groups excluding carboxylic acids is 1. The molecular formula is C15H13F2NO2. The van der Waals surface area contributed by atoms with Gasteiger partial charge in [0, 0.05) is 5.69 Å². The lowest BCUT2D eigenvalue weighted by Crippen LogP contribution is -2.16. The van der Waals surface area contributed by atoms with E-state index >= 15 is 0 Å². The van der Waals surface area contributed by atoms with Crippen molar-refractivity contribution in [1.29, 1.82) is 0 Å². The van der Waals surface area contributed by atoms with Crippen molar-refractivity contribution in [3.05, 3.63) is 59.2 Å². The fraction of sp³-hybridized carbons (Fsp3) is 0.133. The summed E-state index contributed by atoms with van der Waals surface area (Å²) in [6, 6.07) is 8.80. The first-order valence-electron chi connectivity index (χ1n) is 5.93. The van der Waals surface area contributed by atoms with Crippen LogP contribution in [0.4, 0.5) is 14.5 Å². The highest BCUT2D eigenvalue weighted by Gasteiger charge is 2.19. The van der Waals surface area contributed by atoms with E-state index < -0.39 is 23.1 Å². The smallest absolute Gasteiger partial charge is 0.261 e.